The van der Waals surface area contributed by atoms with Gasteiger partial charge in [-0.25, -0.2) is 0 Å². The fourth-order valence-corrected chi connectivity index (χ4v) is 3.66. The number of hydrogen-bond donors (Lipinski definition) is 0. The maximum Gasteiger partial charge on any atom is 0.119 e. The molecule has 0 aliphatic heterocycles. The van der Waals surface area contributed by atoms with Crippen LogP contribution in [0.15, 0.2) is 34.1 Å². The van der Waals surface area contributed by atoms with Crippen molar-refractivity contribution in [2.45, 2.75) is 25.6 Å². The van der Waals surface area contributed by atoms with E-state index in [-0.39, 0.29) is 5.38 Å². The fraction of sp³-hybridized carbons (Fsp3) is 0.333. The summed E-state index contributed by atoms with van der Waals surface area (Å²) in [6.45, 7) is 4.91. The Labute approximate surface area is 131 Å². The zero-order valence-electron chi connectivity index (χ0n) is 11.0. The van der Waals surface area contributed by atoms with Gasteiger partial charge in [-0.15, -0.1) is 22.9 Å². The molecule has 1 nitrogen and oxygen atoms in total. The van der Waals surface area contributed by atoms with E-state index < -0.39 is 0 Å². The number of aryl methyl sites for hydroxylation is 1. The molecule has 0 aliphatic carbocycles. The van der Waals surface area contributed by atoms with Crippen molar-refractivity contribution < 1.29 is 4.74 Å². The van der Waals surface area contributed by atoms with Gasteiger partial charge in [-0.3, -0.25) is 0 Å². The lowest BCUT2D eigenvalue weighted by Gasteiger charge is -2.10. The van der Waals surface area contributed by atoms with Gasteiger partial charge in [0.1, 0.15) is 5.75 Å². The van der Waals surface area contributed by atoms with Crippen LogP contribution < -0.4 is 4.74 Å². The molecule has 2 aromatic rings. The molecule has 0 spiro atoms. The Morgan fingerprint density at radius 2 is 2.16 bits per heavy atom. The van der Waals surface area contributed by atoms with Gasteiger partial charge in [-0.1, -0.05) is 19.1 Å². The molecule has 0 N–H and O–H groups in total. The molecule has 0 fully saturated rings. The van der Waals surface area contributed by atoms with Crippen LogP contribution in [0.1, 0.15) is 34.7 Å². The zero-order valence-corrected chi connectivity index (χ0v) is 14.1. The van der Waals surface area contributed by atoms with Crippen LogP contribution in [0, 0.1) is 6.92 Å². The van der Waals surface area contributed by atoms with E-state index in [1.54, 1.807) is 11.3 Å². The van der Waals surface area contributed by atoms with Crippen molar-refractivity contribution >= 4 is 38.9 Å². The van der Waals surface area contributed by atoms with Crippen molar-refractivity contribution in [3.05, 3.63) is 50.1 Å². The van der Waals surface area contributed by atoms with Crippen molar-refractivity contribution in [1.29, 1.82) is 0 Å². The molecule has 4 heteroatoms. The Kier molecular flexibility index (Phi) is 5.31. The maximum atomic E-state index is 6.56. The zero-order chi connectivity index (χ0) is 13.8. The van der Waals surface area contributed by atoms with Gasteiger partial charge in [-0.05, 0) is 58.6 Å². The van der Waals surface area contributed by atoms with Crippen LogP contribution >= 0.6 is 38.9 Å². The first-order valence-corrected chi connectivity index (χ1v) is 8.29. The second-order valence-electron chi connectivity index (χ2n) is 4.39. The minimum Gasteiger partial charge on any atom is -0.494 e. The van der Waals surface area contributed by atoms with Crippen molar-refractivity contribution in [3.8, 4) is 5.75 Å². The van der Waals surface area contributed by atoms with Crippen molar-refractivity contribution in [2.75, 3.05) is 6.61 Å². The number of halogens is 2. The van der Waals surface area contributed by atoms with Gasteiger partial charge in [-0.2, -0.15) is 0 Å². The van der Waals surface area contributed by atoms with Gasteiger partial charge in [0, 0.05) is 4.88 Å². The van der Waals surface area contributed by atoms with Crippen LogP contribution in [-0.2, 0) is 0 Å². The SMILES string of the molecule is CCCOc1cccc(C(Cl)c2cc(C)c(Br)s2)c1. The second-order valence-corrected chi connectivity index (χ2v) is 7.23. The molecular weight excluding hydrogens is 344 g/mol. The number of rotatable bonds is 5. The lowest BCUT2D eigenvalue weighted by molar-refractivity contribution is 0.317. The molecule has 1 heterocycles. The smallest absolute Gasteiger partial charge is 0.119 e. The van der Waals surface area contributed by atoms with E-state index in [9.17, 15) is 0 Å². The molecule has 1 unspecified atom stereocenters. The predicted molar refractivity (Wildman–Crippen MR) is 86.7 cm³/mol. The van der Waals surface area contributed by atoms with E-state index >= 15 is 0 Å². The van der Waals surface area contributed by atoms with E-state index in [0.29, 0.717) is 0 Å². The van der Waals surface area contributed by atoms with E-state index in [1.165, 1.54) is 5.56 Å². The van der Waals surface area contributed by atoms with Gasteiger partial charge < -0.3 is 4.74 Å². The van der Waals surface area contributed by atoms with Crippen LogP contribution in [0.5, 0.6) is 5.75 Å². The third-order valence-corrected chi connectivity index (χ3v) is 5.57. The molecule has 2 rings (SSSR count). The number of thiophene rings is 1. The highest BCUT2D eigenvalue weighted by atomic mass is 79.9. The van der Waals surface area contributed by atoms with E-state index in [1.807, 2.05) is 24.3 Å². The highest BCUT2D eigenvalue weighted by Gasteiger charge is 2.15. The maximum absolute atomic E-state index is 6.56. The molecule has 0 saturated heterocycles. The Balaban J connectivity index is 2.20. The van der Waals surface area contributed by atoms with Crippen LogP contribution in [0.25, 0.3) is 0 Å². The monoisotopic (exact) mass is 358 g/mol. The summed E-state index contributed by atoms with van der Waals surface area (Å²) < 4.78 is 6.79. The molecule has 19 heavy (non-hydrogen) atoms. The molecule has 1 atom stereocenters. The lowest BCUT2D eigenvalue weighted by atomic mass is 10.1. The largest absolute Gasteiger partial charge is 0.494 e. The summed E-state index contributed by atoms with van der Waals surface area (Å²) in [5, 5.41) is -0.125. The topological polar surface area (TPSA) is 9.23 Å². The highest BCUT2D eigenvalue weighted by molar-refractivity contribution is 9.11. The molecule has 0 radical (unpaired) electrons. The molecule has 102 valence electrons. The van der Waals surface area contributed by atoms with Crippen LogP contribution in [-0.4, -0.2) is 6.61 Å². The summed E-state index contributed by atoms with van der Waals surface area (Å²) in [7, 11) is 0. The normalized spacial score (nSPS) is 12.4. The first-order valence-electron chi connectivity index (χ1n) is 6.24. The van der Waals surface area contributed by atoms with E-state index in [2.05, 4.69) is 35.8 Å². The molecule has 0 amide bonds. The molecule has 0 bridgehead atoms. The molecular formula is C15H16BrClOS. The summed E-state index contributed by atoms with van der Waals surface area (Å²) in [6, 6.07) is 10.2. The quantitative estimate of drug-likeness (QED) is 0.601. The summed E-state index contributed by atoms with van der Waals surface area (Å²) in [5.74, 6) is 0.886. The minimum absolute atomic E-state index is 0.125. The fourth-order valence-electron chi connectivity index (χ4n) is 1.75. The van der Waals surface area contributed by atoms with Crippen molar-refractivity contribution in [3.63, 3.8) is 0 Å². The van der Waals surface area contributed by atoms with Gasteiger partial charge >= 0.3 is 0 Å². The average Bonchev–Trinajstić information content (AvgIpc) is 2.76. The Hall–Kier alpha value is -0.510. The van der Waals surface area contributed by atoms with Crippen LogP contribution in [0.2, 0.25) is 0 Å². The van der Waals surface area contributed by atoms with Crippen molar-refractivity contribution in [2.24, 2.45) is 0 Å². The van der Waals surface area contributed by atoms with E-state index in [4.69, 9.17) is 16.3 Å². The van der Waals surface area contributed by atoms with Gasteiger partial charge in [0.2, 0.25) is 0 Å². The van der Waals surface area contributed by atoms with Crippen LogP contribution in [0.3, 0.4) is 0 Å². The second kappa shape index (κ2) is 6.78. The first-order chi connectivity index (χ1) is 9.11. The minimum atomic E-state index is -0.125. The number of ether oxygens (including phenoxy) is 1. The van der Waals surface area contributed by atoms with E-state index in [0.717, 1.165) is 33.0 Å². The summed E-state index contributed by atoms with van der Waals surface area (Å²) in [5.41, 5.74) is 2.30. The average molecular weight is 360 g/mol. The Morgan fingerprint density at radius 1 is 1.37 bits per heavy atom. The Bertz CT molecular complexity index is 533. The molecule has 0 saturated carbocycles. The number of benzene rings is 1. The van der Waals surface area contributed by atoms with Crippen molar-refractivity contribution in [1.82, 2.24) is 0 Å². The number of alkyl halides is 1. The highest BCUT2D eigenvalue weighted by Crippen LogP contribution is 2.38. The Morgan fingerprint density at radius 3 is 2.79 bits per heavy atom. The summed E-state index contributed by atoms with van der Waals surface area (Å²) in [4.78, 5) is 1.15. The molecule has 1 aromatic heterocycles. The summed E-state index contributed by atoms with van der Waals surface area (Å²) >= 11 is 11.8. The predicted octanol–water partition coefficient (Wildman–Crippen LogP) is 5.94. The first kappa shape index (κ1) is 14.9. The summed E-state index contributed by atoms with van der Waals surface area (Å²) in [6.07, 6.45) is 1.01. The van der Waals surface area contributed by atoms with Gasteiger partial charge in [0.05, 0.1) is 15.8 Å². The lowest BCUT2D eigenvalue weighted by Crippen LogP contribution is -1.96. The molecule has 1 aromatic carbocycles. The van der Waals surface area contributed by atoms with Crippen LogP contribution in [0.4, 0.5) is 0 Å². The number of hydrogen-bond acceptors (Lipinski definition) is 2. The van der Waals surface area contributed by atoms with Gasteiger partial charge in [0.25, 0.3) is 0 Å². The standard InChI is InChI=1S/C15H16BrClOS/c1-3-7-18-12-6-4-5-11(9-12)14(17)13-8-10(2)15(16)19-13/h4-6,8-9,14H,3,7H2,1-2H3. The third kappa shape index (κ3) is 3.74. The van der Waals surface area contributed by atoms with Gasteiger partial charge in [0.15, 0.2) is 0 Å². The molecule has 0 aliphatic rings. The third-order valence-electron chi connectivity index (χ3n) is 2.75.